The first-order chi connectivity index (χ1) is 8.42. The largest absolute Gasteiger partial charge is 0.406 e. The molecule has 1 unspecified atom stereocenters. The maximum absolute atomic E-state index is 12.4. The molecule has 1 N–H and O–H groups in total. The highest BCUT2D eigenvalue weighted by molar-refractivity contribution is 5.85. The Morgan fingerprint density at radius 2 is 2.11 bits per heavy atom. The van der Waals surface area contributed by atoms with Gasteiger partial charge in [0.25, 0.3) is 0 Å². The predicted octanol–water partition coefficient (Wildman–Crippen LogP) is 2.74. The SMILES string of the molecule is CCCCN(CC(F)(F)F)C(=O)CC1CCCN1.Cl. The summed E-state index contributed by atoms with van der Waals surface area (Å²) in [5, 5.41) is 3.13. The van der Waals surface area contributed by atoms with Crippen LogP contribution in [0.1, 0.15) is 39.0 Å². The van der Waals surface area contributed by atoms with Crippen LogP contribution in [-0.4, -0.2) is 42.7 Å². The number of carbonyl (C=O) groups is 1. The first-order valence-corrected chi connectivity index (χ1v) is 6.50. The van der Waals surface area contributed by atoms with E-state index in [9.17, 15) is 18.0 Å². The summed E-state index contributed by atoms with van der Waals surface area (Å²) >= 11 is 0. The Morgan fingerprint density at radius 1 is 1.42 bits per heavy atom. The monoisotopic (exact) mass is 302 g/mol. The minimum absolute atomic E-state index is 0. The Kier molecular flexibility index (Phi) is 8.41. The number of amides is 1. The summed E-state index contributed by atoms with van der Waals surface area (Å²) in [7, 11) is 0. The molecule has 3 nitrogen and oxygen atoms in total. The highest BCUT2D eigenvalue weighted by atomic mass is 35.5. The molecular formula is C12H22ClF3N2O. The molecule has 0 aromatic carbocycles. The highest BCUT2D eigenvalue weighted by Crippen LogP contribution is 2.19. The van der Waals surface area contributed by atoms with Gasteiger partial charge in [-0.15, -0.1) is 12.4 Å². The van der Waals surface area contributed by atoms with Crippen LogP contribution < -0.4 is 5.32 Å². The van der Waals surface area contributed by atoms with Crippen molar-refractivity contribution < 1.29 is 18.0 Å². The van der Waals surface area contributed by atoms with Gasteiger partial charge in [0.15, 0.2) is 0 Å². The van der Waals surface area contributed by atoms with Gasteiger partial charge in [-0.25, -0.2) is 0 Å². The minimum Gasteiger partial charge on any atom is -0.334 e. The zero-order valence-corrected chi connectivity index (χ0v) is 11.9. The number of hydrogen-bond acceptors (Lipinski definition) is 2. The molecule has 1 amide bonds. The summed E-state index contributed by atoms with van der Waals surface area (Å²) in [6, 6.07) is 0.0508. The fraction of sp³-hybridized carbons (Fsp3) is 0.917. The number of nitrogens with one attached hydrogen (secondary N) is 1. The Balaban J connectivity index is 0.00000324. The van der Waals surface area contributed by atoms with Gasteiger partial charge in [-0.05, 0) is 25.8 Å². The number of nitrogens with zero attached hydrogens (tertiary/aromatic N) is 1. The third-order valence-corrected chi connectivity index (χ3v) is 3.09. The first-order valence-electron chi connectivity index (χ1n) is 6.50. The van der Waals surface area contributed by atoms with E-state index in [1.807, 2.05) is 6.92 Å². The van der Waals surface area contributed by atoms with Crippen molar-refractivity contribution in [1.29, 1.82) is 0 Å². The molecular weight excluding hydrogens is 281 g/mol. The van der Waals surface area contributed by atoms with Crippen LogP contribution in [0.15, 0.2) is 0 Å². The van der Waals surface area contributed by atoms with Gasteiger partial charge in [0.2, 0.25) is 5.91 Å². The maximum Gasteiger partial charge on any atom is 0.406 e. The van der Waals surface area contributed by atoms with Crippen molar-refractivity contribution in [2.75, 3.05) is 19.6 Å². The van der Waals surface area contributed by atoms with Gasteiger partial charge in [0, 0.05) is 19.0 Å². The Labute approximate surface area is 118 Å². The molecule has 0 bridgehead atoms. The van der Waals surface area contributed by atoms with Gasteiger partial charge in [0.1, 0.15) is 6.54 Å². The number of halogens is 4. The third kappa shape index (κ3) is 7.62. The smallest absolute Gasteiger partial charge is 0.334 e. The molecule has 0 aliphatic carbocycles. The molecule has 1 aliphatic heterocycles. The molecule has 1 aliphatic rings. The minimum atomic E-state index is -4.31. The van der Waals surface area contributed by atoms with E-state index >= 15 is 0 Å². The molecule has 1 saturated heterocycles. The number of unbranched alkanes of at least 4 members (excludes halogenated alkanes) is 1. The van der Waals surface area contributed by atoms with Crippen LogP contribution in [-0.2, 0) is 4.79 Å². The molecule has 0 saturated carbocycles. The van der Waals surface area contributed by atoms with Crippen molar-refractivity contribution in [1.82, 2.24) is 10.2 Å². The second-order valence-electron chi connectivity index (χ2n) is 4.78. The van der Waals surface area contributed by atoms with Gasteiger partial charge in [-0.2, -0.15) is 13.2 Å². The summed E-state index contributed by atoms with van der Waals surface area (Å²) in [5.74, 6) is -0.389. The lowest BCUT2D eigenvalue weighted by Gasteiger charge is -2.25. The van der Waals surface area contributed by atoms with Gasteiger partial charge in [0.05, 0.1) is 0 Å². The lowest BCUT2D eigenvalue weighted by Crippen LogP contribution is -2.41. The van der Waals surface area contributed by atoms with Gasteiger partial charge >= 0.3 is 6.18 Å². The number of hydrogen-bond donors (Lipinski definition) is 1. The van der Waals surface area contributed by atoms with Crippen molar-refractivity contribution in [3.63, 3.8) is 0 Å². The molecule has 1 fully saturated rings. The second-order valence-corrected chi connectivity index (χ2v) is 4.78. The van der Waals surface area contributed by atoms with Crippen LogP contribution in [0.2, 0.25) is 0 Å². The van der Waals surface area contributed by atoms with Crippen molar-refractivity contribution in [2.24, 2.45) is 0 Å². The lowest BCUT2D eigenvalue weighted by atomic mass is 10.1. The van der Waals surface area contributed by atoms with E-state index in [1.54, 1.807) is 0 Å². The van der Waals surface area contributed by atoms with Crippen LogP contribution >= 0.6 is 12.4 Å². The summed E-state index contributed by atoms with van der Waals surface area (Å²) in [6.07, 6.45) is -0.874. The topological polar surface area (TPSA) is 32.3 Å². The third-order valence-electron chi connectivity index (χ3n) is 3.09. The van der Waals surface area contributed by atoms with Crippen LogP contribution in [0.4, 0.5) is 13.2 Å². The van der Waals surface area contributed by atoms with Crippen molar-refractivity contribution in [3.05, 3.63) is 0 Å². The second kappa shape index (κ2) is 8.64. The van der Waals surface area contributed by atoms with Crippen molar-refractivity contribution in [3.8, 4) is 0 Å². The van der Waals surface area contributed by atoms with Crippen LogP contribution in [0.25, 0.3) is 0 Å². The van der Waals surface area contributed by atoms with Crippen molar-refractivity contribution in [2.45, 2.75) is 51.2 Å². The average molecular weight is 303 g/mol. The molecule has 1 rings (SSSR count). The Bertz CT molecular complexity index is 268. The van der Waals surface area contributed by atoms with E-state index in [-0.39, 0.29) is 37.3 Å². The molecule has 0 radical (unpaired) electrons. The molecule has 0 spiro atoms. The summed E-state index contributed by atoms with van der Waals surface area (Å²) < 4.78 is 37.2. The first kappa shape index (κ1) is 18.5. The number of rotatable bonds is 6. The van der Waals surface area contributed by atoms with E-state index in [0.717, 1.165) is 30.7 Å². The van der Waals surface area contributed by atoms with Crippen LogP contribution in [0, 0.1) is 0 Å². The summed E-state index contributed by atoms with van der Waals surface area (Å²) in [6.45, 7) is 1.82. The summed E-state index contributed by atoms with van der Waals surface area (Å²) in [5.41, 5.74) is 0. The van der Waals surface area contributed by atoms with E-state index in [1.165, 1.54) is 0 Å². The molecule has 114 valence electrons. The van der Waals surface area contributed by atoms with E-state index in [4.69, 9.17) is 0 Å². The van der Waals surface area contributed by atoms with Crippen LogP contribution in [0.5, 0.6) is 0 Å². The molecule has 1 atom stereocenters. The zero-order valence-electron chi connectivity index (χ0n) is 11.1. The molecule has 0 aromatic heterocycles. The van der Waals surface area contributed by atoms with Gasteiger partial charge < -0.3 is 10.2 Å². The standard InChI is InChI=1S/C12H21F3N2O.ClH/c1-2-3-7-17(9-12(13,14)15)11(18)8-10-5-4-6-16-10;/h10,16H,2-9H2,1H3;1H. The molecule has 1 heterocycles. The van der Waals surface area contributed by atoms with E-state index in [2.05, 4.69) is 5.32 Å². The fourth-order valence-corrected chi connectivity index (χ4v) is 2.13. The molecule has 19 heavy (non-hydrogen) atoms. The fourth-order valence-electron chi connectivity index (χ4n) is 2.13. The van der Waals surface area contributed by atoms with Crippen LogP contribution in [0.3, 0.4) is 0 Å². The molecule has 7 heteroatoms. The lowest BCUT2D eigenvalue weighted by molar-refractivity contribution is -0.161. The van der Waals surface area contributed by atoms with Gasteiger partial charge in [-0.1, -0.05) is 13.3 Å². The quantitative estimate of drug-likeness (QED) is 0.818. The highest BCUT2D eigenvalue weighted by Gasteiger charge is 2.33. The summed E-state index contributed by atoms with van der Waals surface area (Å²) in [4.78, 5) is 12.8. The van der Waals surface area contributed by atoms with E-state index in [0.29, 0.717) is 6.42 Å². The zero-order chi connectivity index (χ0) is 13.6. The van der Waals surface area contributed by atoms with Gasteiger partial charge in [-0.3, -0.25) is 4.79 Å². The molecule has 0 aromatic rings. The van der Waals surface area contributed by atoms with E-state index < -0.39 is 12.7 Å². The predicted molar refractivity (Wildman–Crippen MR) is 70.4 cm³/mol. The maximum atomic E-state index is 12.4. The number of alkyl halides is 3. The van der Waals surface area contributed by atoms with Crippen molar-refractivity contribution >= 4 is 18.3 Å². The number of carbonyl (C=O) groups excluding carboxylic acids is 1. The normalized spacial score (nSPS) is 19.1. The Morgan fingerprint density at radius 3 is 2.58 bits per heavy atom. The Hall–Kier alpha value is -0.490. The average Bonchev–Trinajstić information content (AvgIpc) is 2.75.